The Balaban J connectivity index is 3.07. The minimum absolute atomic E-state index is 0.00887. The summed E-state index contributed by atoms with van der Waals surface area (Å²) in [5.74, 6) is -0.500. The van der Waals surface area contributed by atoms with E-state index in [0.717, 1.165) is 0 Å². The zero-order chi connectivity index (χ0) is 13.9. The first kappa shape index (κ1) is 15.1. The van der Waals surface area contributed by atoms with Crippen molar-refractivity contribution in [3.63, 3.8) is 0 Å². The zero-order valence-electron chi connectivity index (χ0n) is 10.4. The minimum Gasteiger partial charge on any atom is -0.459 e. The lowest BCUT2D eigenvalue weighted by Crippen LogP contribution is -2.13. The van der Waals surface area contributed by atoms with E-state index in [-0.39, 0.29) is 22.4 Å². The molecule has 0 saturated carbocycles. The average Bonchev–Trinajstić information content (AvgIpc) is 2.23. The van der Waals surface area contributed by atoms with Crippen molar-refractivity contribution in [2.24, 2.45) is 0 Å². The zero-order valence-corrected chi connectivity index (χ0v) is 12.0. The molecule has 1 aromatic carbocycles. The highest BCUT2D eigenvalue weighted by atomic mass is 35.5. The van der Waals surface area contributed by atoms with Crippen molar-refractivity contribution in [1.82, 2.24) is 0 Å². The van der Waals surface area contributed by atoms with Gasteiger partial charge in [0.2, 0.25) is 0 Å². The summed E-state index contributed by atoms with van der Waals surface area (Å²) in [5.41, 5.74) is 1.54. The van der Waals surface area contributed by atoms with Gasteiger partial charge < -0.3 is 9.29 Å². The Kier molecular flexibility index (Phi) is 5.31. The number of carbonyl (C=O) groups is 1. The Morgan fingerprint density at radius 2 is 2.11 bits per heavy atom. The molecule has 1 aromatic rings. The maximum atomic E-state index is 11.7. The van der Waals surface area contributed by atoms with Crippen LogP contribution in [0.5, 0.6) is 0 Å². The van der Waals surface area contributed by atoms with Crippen LogP contribution < -0.4 is 0 Å². The highest BCUT2D eigenvalue weighted by Crippen LogP contribution is 2.25. The van der Waals surface area contributed by atoms with Crippen LogP contribution in [0.2, 0.25) is 5.02 Å². The minimum atomic E-state index is -1.94. The van der Waals surface area contributed by atoms with Crippen LogP contribution in [-0.2, 0) is 21.6 Å². The SMILES string of the molecule is Cc1c(CS(=O)O)ccc(C(=O)OC(C)C)c1Cl. The maximum absolute atomic E-state index is 11.7. The number of esters is 1. The number of hydrogen-bond donors (Lipinski definition) is 1. The molecule has 1 N–H and O–H groups in total. The highest BCUT2D eigenvalue weighted by molar-refractivity contribution is 7.78. The molecule has 1 rings (SSSR count). The Morgan fingerprint density at radius 3 is 2.61 bits per heavy atom. The second-order valence-electron chi connectivity index (χ2n) is 4.13. The molecule has 0 spiro atoms. The summed E-state index contributed by atoms with van der Waals surface area (Å²) < 4.78 is 24.7. The van der Waals surface area contributed by atoms with Gasteiger partial charge in [-0.2, -0.15) is 0 Å². The monoisotopic (exact) mass is 290 g/mol. The number of rotatable bonds is 4. The van der Waals surface area contributed by atoms with E-state index < -0.39 is 17.0 Å². The fraction of sp³-hybridized carbons (Fsp3) is 0.417. The van der Waals surface area contributed by atoms with Gasteiger partial charge in [0.25, 0.3) is 0 Å². The summed E-state index contributed by atoms with van der Waals surface area (Å²) in [7, 11) is 0. The number of ether oxygens (including phenoxy) is 1. The van der Waals surface area contributed by atoms with Crippen LogP contribution in [0.3, 0.4) is 0 Å². The van der Waals surface area contributed by atoms with Gasteiger partial charge in [0, 0.05) is 0 Å². The molecule has 0 aliphatic rings. The van der Waals surface area contributed by atoms with Crippen molar-refractivity contribution >= 4 is 28.7 Å². The van der Waals surface area contributed by atoms with E-state index in [2.05, 4.69) is 0 Å². The molecule has 18 heavy (non-hydrogen) atoms. The fourth-order valence-corrected chi connectivity index (χ4v) is 2.29. The quantitative estimate of drug-likeness (QED) is 0.684. The number of benzene rings is 1. The summed E-state index contributed by atoms with van der Waals surface area (Å²) in [4.78, 5) is 11.7. The molecule has 0 radical (unpaired) electrons. The molecular formula is C12H15ClO4S. The van der Waals surface area contributed by atoms with Crippen molar-refractivity contribution in [1.29, 1.82) is 0 Å². The van der Waals surface area contributed by atoms with Gasteiger partial charge in [-0.15, -0.1) is 0 Å². The normalized spacial score (nSPS) is 12.6. The van der Waals surface area contributed by atoms with E-state index in [4.69, 9.17) is 20.9 Å². The lowest BCUT2D eigenvalue weighted by Gasteiger charge is -2.12. The molecule has 0 saturated heterocycles. The van der Waals surface area contributed by atoms with Crippen molar-refractivity contribution in [3.05, 3.63) is 33.8 Å². The van der Waals surface area contributed by atoms with E-state index in [1.807, 2.05) is 0 Å². The molecule has 0 bridgehead atoms. The van der Waals surface area contributed by atoms with Crippen molar-refractivity contribution in [3.8, 4) is 0 Å². The van der Waals surface area contributed by atoms with E-state index >= 15 is 0 Å². The lowest BCUT2D eigenvalue weighted by molar-refractivity contribution is 0.0378. The Bertz CT molecular complexity index is 485. The first-order chi connectivity index (χ1) is 8.32. The maximum Gasteiger partial charge on any atom is 0.339 e. The van der Waals surface area contributed by atoms with E-state index in [0.29, 0.717) is 11.1 Å². The van der Waals surface area contributed by atoms with Gasteiger partial charge in [-0.1, -0.05) is 17.7 Å². The summed E-state index contributed by atoms with van der Waals surface area (Å²) in [5, 5.41) is 0.267. The Morgan fingerprint density at radius 1 is 1.50 bits per heavy atom. The molecule has 0 amide bonds. The number of hydrogen-bond acceptors (Lipinski definition) is 3. The largest absolute Gasteiger partial charge is 0.459 e. The van der Waals surface area contributed by atoms with Gasteiger partial charge >= 0.3 is 5.97 Å². The van der Waals surface area contributed by atoms with Gasteiger partial charge in [0.05, 0.1) is 22.4 Å². The van der Waals surface area contributed by atoms with Crippen LogP contribution in [0.4, 0.5) is 0 Å². The van der Waals surface area contributed by atoms with Gasteiger partial charge in [0.15, 0.2) is 11.1 Å². The van der Waals surface area contributed by atoms with E-state index in [1.54, 1.807) is 26.8 Å². The molecule has 0 fully saturated rings. The molecule has 4 nitrogen and oxygen atoms in total. The smallest absolute Gasteiger partial charge is 0.339 e. The first-order valence-electron chi connectivity index (χ1n) is 5.39. The highest BCUT2D eigenvalue weighted by Gasteiger charge is 2.17. The summed E-state index contributed by atoms with van der Waals surface area (Å²) in [6.45, 7) is 5.21. The van der Waals surface area contributed by atoms with Crippen molar-refractivity contribution in [2.75, 3.05) is 0 Å². The van der Waals surface area contributed by atoms with Crippen LogP contribution in [0.25, 0.3) is 0 Å². The summed E-state index contributed by atoms with van der Waals surface area (Å²) in [6.07, 6.45) is -0.224. The van der Waals surface area contributed by atoms with E-state index in [1.165, 1.54) is 6.07 Å². The molecular weight excluding hydrogens is 276 g/mol. The number of halogens is 1. The average molecular weight is 291 g/mol. The third-order valence-corrected chi connectivity index (χ3v) is 3.39. The summed E-state index contributed by atoms with van der Waals surface area (Å²) >= 11 is 4.14. The predicted octanol–water partition coefficient (Wildman–Crippen LogP) is 2.94. The Hall–Kier alpha value is -0.910. The van der Waals surface area contributed by atoms with E-state index in [9.17, 15) is 9.00 Å². The molecule has 0 heterocycles. The van der Waals surface area contributed by atoms with Crippen LogP contribution in [0.15, 0.2) is 12.1 Å². The van der Waals surface area contributed by atoms with Crippen LogP contribution in [-0.4, -0.2) is 20.8 Å². The molecule has 1 unspecified atom stereocenters. The first-order valence-corrected chi connectivity index (χ1v) is 7.04. The molecule has 100 valence electrons. The van der Waals surface area contributed by atoms with Crippen molar-refractivity contribution in [2.45, 2.75) is 32.6 Å². The third-order valence-electron chi connectivity index (χ3n) is 2.34. The Labute approximate surface area is 114 Å². The van der Waals surface area contributed by atoms with Gasteiger partial charge in [-0.25, -0.2) is 9.00 Å². The van der Waals surface area contributed by atoms with Gasteiger partial charge in [-0.3, -0.25) is 0 Å². The van der Waals surface area contributed by atoms with Gasteiger partial charge in [0.1, 0.15) is 0 Å². The molecule has 6 heteroatoms. The molecule has 1 atom stereocenters. The van der Waals surface area contributed by atoms with Crippen LogP contribution in [0, 0.1) is 6.92 Å². The number of carbonyl (C=O) groups excluding carboxylic acids is 1. The second kappa shape index (κ2) is 6.31. The molecule has 0 aliphatic carbocycles. The van der Waals surface area contributed by atoms with Crippen LogP contribution in [0.1, 0.15) is 35.3 Å². The second-order valence-corrected chi connectivity index (χ2v) is 5.44. The van der Waals surface area contributed by atoms with Gasteiger partial charge in [-0.05, 0) is 38.0 Å². The van der Waals surface area contributed by atoms with Crippen LogP contribution >= 0.6 is 11.6 Å². The predicted molar refractivity (Wildman–Crippen MR) is 71.2 cm³/mol. The fourth-order valence-electron chi connectivity index (χ4n) is 1.45. The van der Waals surface area contributed by atoms with Crippen molar-refractivity contribution < 1.29 is 18.3 Å². The lowest BCUT2D eigenvalue weighted by atomic mass is 10.1. The third kappa shape index (κ3) is 3.80. The topological polar surface area (TPSA) is 63.6 Å². The standard InChI is InChI=1S/C12H15ClO4S/c1-7(2)17-12(14)10-5-4-9(6-18(15)16)8(3)11(10)13/h4-5,7H,6H2,1-3H3,(H,15,16). The summed E-state index contributed by atoms with van der Waals surface area (Å²) in [6, 6.07) is 3.13. The molecule has 0 aliphatic heterocycles. The molecule has 0 aromatic heterocycles.